The zero-order chi connectivity index (χ0) is 12.5. The highest BCUT2D eigenvalue weighted by Crippen LogP contribution is 2.26. The Kier molecular flexibility index (Phi) is 3.40. The monoisotopic (exact) mass is 256 g/mol. The van der Waals surface area contributed by atoms with E-state index in [0.29, 0.717) is 5.75 Å². The average Bonchev–Trinajstić information content (AvgIpc) is 2.64. The molecule has 0 spiro atoms. The minimum atomic E-state index is -3.21. The largest absolute Gasteiger partial charge is 0.488 e. The van der Waals surface area contributed by atoms with Crippen LogP contribution in [-0.4, -0.2) is 32.0 Å². The molecule has 1 saturated carbocycles. The van der Waals surface area contributed by atoms with Crippen molar-refractivity contribution < 1.29 is 18.3 Å². The normalized spacial score (nSPS) is 24.8. The molecular weight excluding hydrogens is 240 g/mol. The van der Waals surface area contributed by atoms with Gasteiger partial charge in [-0.3, -0.25) is 0 Å². The van der Waals surface area contributed by atoms with Gasteiger partial charge in [0.25, 0.3) is 0 Å². The first kappa shape index (κ1) is 12.4. The van der Waals surface area contributed by atoms with Gasteiger partial charge in [-0.1, -0.05) is 6.07 Å². The Morgan fingerprint density at radius 2 is 2.12 bits per heavy atom. The fourth-order valence-electron chi connectivity index (χ4n) is 2.00. The van der Waals surface area contributed by atoms with Crippen LogP contribution in [0.1, 0.15) is 19.3 Å². The van der Waals surface area contributed by atoms with E-state index in [1.54, 1.807) is 12.1 Å². The van der Waals surface area contributed by atoms with Gasteiger partial charge < -0.3 is 9.84 Å². The molecule has 1 N–H and O–H groups in total. The van der Waals surface area contributed by atoms with Crippen molar-refractivity contribution in [1.82, 2.24) is 0 Å². The lowest BCUT2D eigenvalue weighted by molar-refractivity contribution is 0.0602. The van der Waals surface area contributed by atoms with Crippen LogP contribution >= 0.6 is 0 Å². The van der Waals surface area contributed by atoms with Gasteiger partial charge in [-0.2, -0.15) is 0 Å². The zero-order valence-corrected chi connectivity index (χ0v) is 10.5. The molecule has 1 aliphatic rings. The van der Waals surface area contributed by atoms with E-state index < -0.39 is 15.9 Å². The molecule has 0 bridgehead atoms. The van der Waals surface area contributed by atoms with Gasteiger partial charge in [0.2, 0.25) is 0 Å². The van der Waals surface area contributed by atoms with Crippen molar-refractivity contribution >= 4 is 9.84 Å². The summed E-state index contributed by atoms with van der Waals surface area (Å²) in [6, 6.07) is 6.39. The molecule has 2 atom stereocenters. The van der Waals surface area contributed by atoms with Gasteiger partial charge in [0.15, 0.2) is 9.84 Å². The maximum Gasteiger partial charge on any atom is 0.175 e. The van der Waals surface area contributed by atoms with E-state index in [1.807, 2.05) is 0 Å². The molecule has 1 aliphatic carbocycles. The predicted octanol–water partition coefficient (Wildman–Crippen LogP) is 1.38. The molecule has 5 heteroatoms. The van der Waals surface area contributed by atoms with Gasteiger partial charge in [0, 0.05) is 6.26 Å². The third-order valence-corrected chi connectivity index (χ3v) is 4.05. The van der Waals surface area contributed by atoms with Crippen LogP contribution in [0, 0.1) is 0 Å². The highest BCUT2D eigenvalue weighted by atomic mass is 32.2. The molecule has 0 saturated heterocycles. The molecule has 1 aromatic carbocycles. The van der Waals surface area contributed by atoms with E-state index in [4.69, 9.17) is 4.74 Å². The number of hydrogen-bond acceptors (Lipinski definition) is 4. The summed E-state index contributed by atoms with van der Waals surface area (Å²) in [6.07, 6.45) is 3.00. The van der Waals surface area contributed by atoms with Crippen LogP contribution in [0.25, 0.3) is 0 Å². The minimum Gasteiger partial charge on any atom is -0.488 e. The Morgan fingerprint density at radius 3 is 2.71 bits per heavy atom. The van der Waals surface area contributed by atoms with E-state index in [0.717, 1.165) is 25.5 Å². The molecule has 94 valence electrons. The van der Waals surface area contributed by atoms with Crippen molar-refractivity contribution in [3.8, 4) is 5.75 Å². The molecule has 0 aromatic heterocycles. The fourth-order valence-corrected chi connectivity index (χ4v) is 2.65. The summed E-state index contributed by atoms with van der Waals surface area (Å²) >= 11 is 0. The number of ether oxygens (including phenoxy) is 1. The van der Waals surface area contributed by atoms with Crippen molar-refractivity contribution in [2.45, 2.75) is 36.4 Å². The number of rotatable bonds is 3. The fraction of sp³-hybridized carbons (Fsp3) is 0.500. The Balaban J connectivity index is 2.17. The number of aliphatic hydroxyl groups is 1. The van der Waals surface area contributed by atoms with Crippen molar-refractivity contribution in [2.75, 3.05) is 6.26 Å². The number of aliphatic hydroxyl groups excluding tert-OH is 1. The topological polar surface area (TPSA) is 63.6 Å². The first-order valence-corrected chi connectivity index (χ1v) is 7.51. The third kappa shape index (κ3) is 2.98. The van der Waals surface area contributed by atoms with Crippen LogP contribution in [0.5, 0.6) is 5.75 Å². The minimum absolute atomic E-state index is 0.218. The quantitative estimate of drug-likeness (QED) is 0.887. The molecule has 0 amide bonds. The van der Waals surface area contributed by atoms with Gasteiger partial charge >= 0.3 is 0 Å². The Bertz CT molecular complexity index is 495. The summed E-state index contributed by atoms with van der Waals surface area (Å²) in [5.74, 6) is 0.499. The van der Waals surface area contributed by atoms with Crippen LogP contribution in [0.4, 0.5) is 0 Å². The smallest absolute Gasteiger partial charge is 0.175 e. The average molecular weight is 256 g/mol. The van der Waals surface area contributed by atoms with Crippen LogP contribution in [0.15, 0.2) is 29.2 Å². The van der Waals surface area contributed by atoms with Crippen molar-refractivity contribution in [3.05, 3.63) is 24.3 Å². The van der Waals surface area contributed by atoms with Crippen LogP contribution in [0.2, 0.25) is 0 Å². The molecule has 0 radical (unpaired) electrons. The second kappa shape index (κ2) is 4.66. The lowest BCUT2D eigenvalue weighted by Gasteiger charge is -2.17. The highest BCUT2D eigenvalue weighted by Gasteiger charge is 2.27. The SMILES string of the molecule is CS(=O)(=O)c1cccc(O[C@H]2CCC[C@@H]2O)c1. The Labute approximate surface area is 101 Å². The van der Waals surface area contributed by atoms with Gasteiger partial charge in [-0.25, -0.2) is 8.42 Å². The summed E-state index contributed by atoms with van der Waals surface area (Å²) in [6.45, 7) is 0. The van der Waals surface area contributed by atoms with Gasteiger partial charge in [-0.15, -0.1) is 0 Å². The summed E-state index contributed by atoms with van der Waals surface area (Å²) in [5.41, 5.74) is 0. The first-order chi connectivity index (χ1) is 7.97. The summed E-state index contributed by atoms with van der Waals surface area (Å²) < 4.78 is 28.4. The lowest BCUT2D eigenvalue weighted by Crippen LogP contribution is -2.25. The number of hydrogen-bond donors (Lipinski definition) is 1. The predicted molar refractivity (Wildman–Crippen MR) is 63.8 cm³/mol. The Hall–Kier alpha value is -1.07. The van der Waals surface area contributed by atoms with Crippen LogP contribution in [0.3, 0.4) is 0 Å². The molecule has 0 heterocycles. The van der Waals surface area contributed by atoms with Gasteiger partial charge in [0.05, 0.1) is 11.0 Å². The van der Waals surface area contributed by atoms with E-state index in [1.165, 1.54) is 12.1 Å². The van der Waals surface area contributed by atoms with Crippen molar-refractivity contribution in [2.24, 2.45) is 0 Å². The maximum absolute atomic E-state index is 11.4. The van der Waals surface area contributed by atoms with E-state index in [9.17, 15) is 13.5 Å². The van der Waals surface area contributed by atoms with E-state index in [-0.39, 0.29) is 11.0 Å². The lowest BCUT2D eigenvalue weighted by atomic mass is 10.2. The third-order valence-electron chi connectivity index (χ3n) is 2.94. The Morgan fingerprint density at radius 1 is 1.35 bits per heavy atom. The van der Waals surface area contributed by atoms with Crippen LogP contribution < -0.4 is 4.74 Å². The van der Waals surface area contributed by atoms with E-state index >= 15 is 0 Å². The van der Waals surface area contributed by atoms with Crippen molar-refractivity contribution in [1.29, 1.82) is 0 Å². The van der Waals surface area contributed by atoms with Crippen molar-refractivity contribution in [3.63, 3.8) is 0 Å². The van der Waals surface area contributed by atoms with Gasteiger partial charge in [0.1, 0.15) is 11.9 Å². The standard InChI is InChI=1S/C12H16O4S/c1-17(14,15)10-5-2-4-9(8-10)16-12-7-3-6-11(12)13/h2,4-5,8,11-13H,3,6-7H2,1H3/t11-,12-/m0/s1. The number of benzene rings is 1. The molecule has 17 heavy (non-hydrogen) atoms. The van der Waals surface area contributed by atoms with Crippen LogP contribution in [-0.2, 0) is 9.84 Å². The molecule has 2 rings (SSSR count). The zero-order valence-electron chi connectivity index (χ0n) is 9.67. The maximum atomic E-state index is 11.4. The number of sulfone groups is 1. The highest BCUT2D eigenvalue weighted by molar-refractivity contribution is 7.90. The second-order valence-electron chi connectivity index (χ2n) is 4.40. The summed E-state index contributed by atoms with van der Waals surface area (Å²) in [7, 11) is -3.21. The molecular formula is C12H16O4S. The second-order valence-corrected chi connectivity index (χ2v) is 6.42. The molecule has 1 aromatic rings. The molecule has 0 aliphatic heterocycles. The first-order valence-electron chi connectivity index (χ1n) is 5.61. The van der Waals surface area contributed by atoms with E-state index in [2.05, 4.69) is 0 Å². The summed E-state index contributed by atoms with van der Waals surface area (Å²) in [4.78, 5) is 0.238. The molecule has 4 nitrogen and oxygen atoms in total. The van der Waals surface area contributed by atoms with Gasteiger partial charge in [-0.05, 0) is 37.5 Å². The molecule has 0 unspecified atom stereocenters. The summed E-state index contributed by atoms with van der Waals surface area (Å²) in [5, 5.41) is 9.64. The molecule has 1 fully saturated rings.